The number of carbonyl (C=O) groups excluding carboxylic acids is 1. The quantitative estimate of drug-likeness (QED) is 0.763. The summed E-state index contributed by atoms with van der Waals surface area (Å²) in [4.78, 5) is 13.9. The van der Waals surface area contributed by atoms with Crippen LogP contribution in [-0.2, 0) is 11.2 Å². The molecule has 0 aliphatic carbocycles. The molecule has 0 fully saturated rings. The number of hydrogen-bond acceptors (Lipinski definition) is 3. The fourth-order valence-electron chi connectivity index (χ4n) is 2.23. The summed E-state index contributed by atoms with van der Waals surface area (Å²) in [5.74, 6) is 1.52. The van der Waals surface area contributed by atoms with E-state index in [2.05, 4.69) is 26.0 Å². The molecule has 4 heteroatoms. The number of methoxy groups -OCH3 is 1. The Morgan fingerprint density at radius 3 is 2.45 bits per heavy atom. The van der Waals surface area contributed by atoms with Gasteiger partial charge in [-0.3, -0.25) is 4.79 Å². The lowest BCUT2D eigenvalue weighted by molar-refractivity contribution is -0.130. The van der Waals surface area contributed by atoms with Crippen molar-refractivity contribution in [2.24, 2.45) is 11.7 Å². The van der Waals surface area contributed by atoms with Crippen LogP contribution in [-0.4, -0.2) is 37.6 Å². The Kier molecular flexibility index (Phi) is 7.96. The molecule has 1 aromatic carbocycles. The lowest BCUT2D eigenvalue weighted by Gasteiger charge is -2.21. The van der Waals surface area contributed by atoms with E-state index in [1.807, 2.05) is 19.2 Å². The topological polar surface area (TPSA) is 55.6 Å². The first kappa shape index (κ1) is 18.5. The van der Waals surface area contributed by atoms with Gasteiger partial charge in [0.2, 0.25) is 5.91 Å². The molecule has 124 valence electrons. The zero-order valence-electron chi connectivity index (χ0n) is 14.3. The second kappa shape index (κ2) is 9.46. The van der Waals surface area contributed by atoms with Gasteiger partial charge >= 0.3 is 0 Å². The molecule has 0 heterocycles. The molecule has 2 N–H and O–H groups in total. The van der Waals surface area contributed by atoms with E-state index in [4.69, 9.17) is 10.5 Å². The van der Waals surface area contributed by atoms with Gasteiger partial charge in [0.1, 0.15) is 5.75 Å². The summed E-state index contributed by atoms with van der Waals surface area (Å²) >= 11 is 0. The van der Waals surface area contributed by atoms with E-state index < -0.39 is 0 Å². The van der Waals surface area contributed by atoms with Crippen molar-refractivity contribution < 1.29 is 9.53 Å². The smallest absolute Gasteiger partial charge is 0.222 e. The van der Waals surface area contributed by atoms with Crippen molar-refractivity contribution >= 4 is 5.91 Å². The number of benzene rings is 1. The molecule has 4 nitrogen and oxygen atoms in total. The van der Waals surface area contributed by atoms with Crippen LogP contribution < -0.4 is 10.5 Å². The number of carbonyl (C=O) groups is 1. The van der Waals surface area contributed by atoms with Gasteiger partial charge in [-0.25, -0.2) is 0 Å². The molecule has 22 heavy (non-hydrogen) atoms. The van der Waals surface area contributed by atoms with Crippen LogP contribution in [0.4, 0.5) is 0 Å². The van der Waals surface area contributed by atoms with Crippen molar-refractivity contribution in [3.63, 3.8) is 0 Å². The van der Waals surface area contributed by atoms with Gasteiger partial charge in [0.25, 0.3) is 0 Å². The zero-order valence-corrected chi connectivity index (χ0v) is 14.3. The maximum atomic E-state index is 12.1. The van der Waals surface area contributed by atoms with E-state index in [1.54, 1.807) is 12.0 Å². The van der Waals surface area contributed by atoms with Crippen LogP contribution in [0.3, 0.4) is 0 Å². The number of nitrogens with two attached hydrogens (primary N) is 1. The second-order valence-corrected chi connectivity index (χ2v) is 6.21. The summed E-state index contributed by atoms with van der Waals surface area (Å²) in [6.45, 7) is 4.96. The molecule has 1 unspecified atom stereocenters. The van der Waals surface area contributed by atoms with Crippen molar-refractivity contribution in [3.8, 4) is 5.75 Å². The minimum absolute atomic E-state index is 0.162. The van der Waals surface area contributed by atoms with Crippen molar-refractivity contribution in [2.45, 2.75) is 45.6 Å². The van der Waals surface area contributed by atoms with Gasteiger partial charge in [0.15, 0.2) is 0 Å². The normalized spacial score (nSPS) is 12.3. The molecule has 0 aromatic heterocycles. The molecule has 0 radical (unpaired) electrons. The van der Waals surface area contributed by atoms with Crippen molar-refractivity contribution in [3.05, 3.63) is 29.8 Å². The Labute approximate surface area is 134 Å². The molecule has 0 spiro atoms. The summed E-state index contributed by atoms with van der Waals surface area (Å²) in [5, 5.41) is 0. The van der Waals surface area contributed by atoms with Gasteiger partial charge in [-0.15, -0.1) is 0 Å². The molecule has 0 saturated carbocycles. The second-order valence-electron chi connectivity index (χ2n) is 6.21. The summed E-state index contributed by atoms with van der Waals surface area (Å²) in [6, 6.07) is 8.17. The van der Waals surface area contributed by atoms with Gasteiger partial charge < -0.3 is 15.4 Å². The average molecular weight is 306 g/mol. The van der Waals surface area contributed by atoms with Gasteiger partial charge in [-0.2, -0.15) is 0 Å². The highest BCUT2D eigenvalue weighted by Gasteiger charge is 2.12. The fraction of sp³-hybridized carbons (Fsp3) is 0.611. The van der Waals surface area contributed by atoms with Gasteiger partial charge in [-0.05, 0) is 42.9 Å². The van der Waals surface area contributed by atoms with Gasteiger partial charge in [0.05, 0.1) is 7.11 Å². The molecule has 1 rings (SSSR count). The van der Waals surface area contributed by atoms with Crippen LogP contribution in [0.15, 0.2) is 24.3 Å². The number of hydrogen-bond donors (Lipinski definition) is 1. The monoisotopic (exact) mass is 306 g/mol. The number of aryl methyl sites for hydroxylation is 1. The van der Waals surface area contributed by atoms with E-state index in [-0.39, 0.29) is 11.9 Å². The third-order valence-electron chi connectivity index (χ3n) is 4.10. The van der Waals surface area contributed by atoms with Crippen LogP contribution >= 0.6 is 0 Å². The molecule has 0 saturated heterocycles. The number of nitrogens with zero attached hydrogens (tertiary/aromatic N) is 1. The third kappa shape index (κ3) is 6.48. The number of rotatable bonds is 9. The van der Waals surface area contributed by atoms with Crippen LogP contribution in [0.5, 0.6) is 5.75 Å². The summed E-state index contributed by atoms with van der Waals surface area (Å²) in [5.41, 5.74) is 7.25. The number of amides is 1. The Morgan fingerprint density at radius 2 is 1.91 bits per heavy atom. The average Bonchev–Trinajstić information content (AvgIpc) is 2.52. The van der Waals surface area contributed by atoms with Crippen LogP contribution in [0.1, 0.15) is 38.7 Å². The van der Waals surface area contributed by atoms with Crippen molar-refractivity contribution in [1.82, 2.24) is 4.90 Å². The van der Waals surface area contributed by atoms with E-state index in [0.717, 1.165) is 31.6 Å². The standard InChI is InChI=1S/C18H30N2O2/c1-14(2)17(19)12-13-20(3)18(21)7-5-6-15-8-10-16(22-4)11-9-15/h8-11,14,17H,5-7,12-13,19H2,1-4H3. The highest BCUT2D eigenvalue weighted by Crippen LogP contribution is 2.13. The summed E-state index contributed by atoms with van der Waals surface area (Å²) < 4.78 is 5.14. The minimum Gasteiger partial charge on any atom is -0.497 e. The molecule has 0 aliphatic rings. The summed E-state index contributed by atoms with van der Waals surface area (Å²) in [6.07, 6.45) is 3.22. The van der Waals surface area contributed by atoms with Crippen molar-refractivity contribution in [2.75, 3.05) is 20.7 Å². The maximum Gasteiger partial charge on any atom is 0.222 e. The third-order valence-corrected chi connectivity index (χ3v) is 4.10. The first-order chi connectivity index (χ1) is 10.4. The highest BCUT2D eigenvalue weighted by molar-refractivity contribution is 5.75. The van der Waals surface area contributed by atoms with E-state index in [0.29, 0.717) is 12.3 Å². The molecule has 1 aromatic rings. The van der Waals surface area contributed by atoms with E-state index >= 15 is 0 Å². The molecular weight excluding hydrogens is 276 g/mol. The van der Waals surface area contributed by atoms with Crippen molar-refractivity contribution in [1.29, 1.82) is 0 Å². The Balaban J connectivity index is 2.26. The minimum atomic E-state index is 0.162. The van der Waals surface area contributed by atoms with E-state index in [1.165, 1.54) is 5.56 Å². The largest absolute Gasteiger partial charge is 0.497 e. The predicted octanol–water partition coefficient (Wildman–Crippen LogP) is 2.85. The fourth-order valence-corrected chi connectivity index (χ4v) is 2.23. The SMILES string of the molecule is COc1ccc(CCCC(=O)N(C)CCC(N)C(C)C)cc1. The first-order valence-electron chi connectivity index (χ1n) is 8.06. The predicted molar refractivity (Wildman–Crippen MR) is 91.0 cm³/mol. The Morgan fingerprint density at radius 1 is 1.27 bits per heavy atom. The Bertz CT molecular complexity index is 443. The zero-order chi connectivity index (χ0) is 16.5. The molecule has 1 amide bonds. The van der Waals surface area contributed by atoms with E-state index in [9.17, 15) is 4.79 Å². The van der Waals surface area contributed by atoms with Crippen LogP contribution in [0.25, 0.3) is 0 Å². The Hall–Kier alpha value is -1.55. The molecule has 0 aliphatic heterocycles. The summed E-state index contributed by atoms with van der Waals surface area (Å²) in [7, 11) is 3.53. The highest BCUT2D eigenvalue weighted by atomic mass is 16.5. The lowest BCUT2D eigenvalue weighted by Crippen LogP contribution is -2.34. The van der Waals surface area contributed by atoms with Gasteiger partial charge in [-0.1, -0.05) is 26.0 Å². The van der Waals surface area contributed by atoms with Crippen LogP contribution in [0.2, 0.25) is 0 Å². The van der Waals surface area contributed by atoms with Crippen LogP contribution in [0, 0.1) is 5.92 Å². The molecule has 1 atom stereocenters. The maximum absolute atomic E-state index is 12.1. The van der Waals surface area contributed by atoms with Gasteiger partial charge in [0, 0.05) is 26.1 Å². The molecule has 0 bridgehead atoms. The molecular formula is C18H30N2O2. The first-order valence-corrected chi connectivity index (χ1v) is 8.06. The number of ether oxygens (including phenoxy) is 1. The lowest BCUT2D eigenvalue weighted by atomic mass is 10.0.